The van der Waals surface area contributed by atoms with Crippen molar-refractivity contribution in [2.75, 3.05) is 11.5 Å². The smallest absolute Gasteiger partial charge is 0.179 e. The minimum atomic E-state index is -3.02. The molecule has 0 amide bonds. The second kappa shape index (κ2) is 2.48. The summed E-state index contributed by atoms with van der Waals surface area (Å²) in [4.78, 5) is 0.426. The highest BCUT2D eigenvalue weighted by Gasteiger charge is 2.27. The van der Waals surface area contributed by atoms with E-state index >= 15 is 0 Å². The summed E-state index contributed by atoms with van der Waals surface area (Å²) >= 11 is 0. The highest BCUT2D eigenvalue weighted by Crippen LogP contribution is 2.31. The molecule has 0 fully saturated rings. The third-order valence-electron chi connectivity index (χ3n) is 2.49. The molecule has 0 atom stereocenters. The first kappa shape index (κ1) is 8.56. The van der Waals surface area contributed by atoms with Crippen LogP contribution in [0.2, 0.25) is 0 Å². The van der Waals surface area contributed by atoms with Gasteiger partial charge in [-0.25, -0.2) is 8.42 Å². The van der Waals surface area contributed by atoms with Gasteiger partial charge in [0.2, 0.25) is 0 Å². The van der Waals surface area contributed by atoms with Gasteiger partial charge in [-0.05, 0) is 30.5 Å². The van der Waals surface area contributed by atoms with Crippen molar-refractivity contribution in [3.8, 4) is 0 Å². The van der Waals surface area contributed by atoms with Gasteiger partial charge in [-0.3, -0.25) is 0 Å². The van der Waals surface area contributed by atoms with Crippen molar-refractivity contribution >= 4 is 15.5 Å². The minimum absolute atomic E-state index is 0.204. The molecule has 13 heavy (non-hydrogen) atoms. The van der Waals surface area contributed by atoms with E-state index in [4.69, 9.17) is 5.73 Å². The van der Waals surface area contributed by atoms with Crippen LogP contribution in [-0.2, 0) is 16.3 Å². The van der Waals surface area contributed by atoms with Crippen molar-refractivity contribution in [1.82, 2.24) is 0 Å². The lowest BCUT2D eigenvalue weighted by Crippen LogP contribution is -1.99. The van der Waals surface area contributed by atoms with Gasteiger partial charge < -0.3 is 5.73 Å². The van der Waals surface area contributed by atoms with E-state index in [1.54, 1.807) is 12.1 Å². The van der Waals surface area contributed by atoms with Crippen molar-refractivity contribution in [2.45, 2.75) is 18.2 Å². The Bertz CT molecular complexity index is 463. The summed E-state index contributed by atoms with van der Waals surface area (Å²) in [6, 6.07) is 3.42. The number of aryl methyl sites for hydroxylation is 1. The Labute approximate surface area is 77.5 Å². The maximum absolute atomic E-state index is 11.5. The Hall–Kier alpha value is -1.03. The summed E-state index contributed by atoms with van der Waals surface area (Å²) < 4.78 is 22.9. The van der Waals surface area contributed by atoms with Crippen LogP contribution in [0.25, 0.3) is 0 Å². The van der Waals surface area contributed by atoms with Gasteiger partial charge in [0.25, 0.3) is 0 Å². The first-order valence-electron chi connectivity index (χ1n) is 4.13. The van der Waals surface area contributed by atoms with Gasteiger partial charge in [0.1, 0.15) is 0 Å². The van der Waals surface area contributed by atoms with E-state index in [9.17, 15) is 8.42 Å². The number of fused-ring (bicyclic) bond motifs is 1. The van der Waals surface area contributed by atoms with Crippen LogP contribution in [-0.4, -0.2) is 14.2 Å². The maximum atomic E-state index is 11.5. The average Bonchev–Trinajstić information content (AvgIpc) is 2.35. The van der Waals surface area contributed by atoms with E-state index in [2.05, 4.69) is 0 Å². The van der Waals surface area contributed by atoms with Crippen LogP contribution in [0.1, 0.15) is 11.1 Å². The Morgan fingerprint density at radius 3 is 2.77 bits per heavy atom. The number of hydrogen-bond acceptors (Lipinski definition) is 3. The van der Waals surface area contributed by atoms with Crippen molar-refractivity contribution in [2.24, 2.45) is 0 Å². The van der Waals surface area contributed by atoms with Crippen LogP contribution >= 0.6 is 0 Å². The number of hydrogen-bond donors (Lipinski definition) is 1. The van der Waals surface area contributed by atoms with Gasteiger partial charge in [0.05, 0.1) is 10.6 Å². The molecule has 1 heterocycles. The molecule has 0 saturated heterocycles. The predicted molar refractivity (Wildman–Crippen MR) is 51.3 cm³/mol. The predicted octanol–water partition coefficient (Wildman–Crippen LogP) is 0.907. The number of nitrogen functional groups attached to an aromatic ring is 1. The second-order valence-electron chi connectivity index (χ2n) is 3.34. The monoisotopic (exact) mass is 197 g/mol. The summed E-state index contributed by atoms with van der Waals surface area (Å²) in [6.45, 7) is 1.89. The first-order chi connectivity index (χ1) is 6.02. The van der Waals surface area contributed by atoms with Crippen LogP contribution < -0.4 is 5.73 Å². The van der Waals surface area contributed by atoms with Gasteiger partial charge in [-0.1, -0.05) is 6.07 Å². The highest BCUT2D eigenvalue weighted by molar-refractivity contribution is 7.91. The van der Waals surface area contributed by atoms with E-state index in [-0.39, 0.29) is 5.75 Å². The lowest BCUT2D eigenvalue weighted by molar-refractivity contribution is 0.600. The van der Waals surface area contributed by atoms with Crippen molar-refractivity contribution < 1.29 is 8.42 Å². The molecule has 0 bridgehead atoms. The number of anilines is 1. The molecule has 70 valence electrons. The zero-order valence-corrected chi connectivity index (χ0v) is 8.19. The SMILES string of the molecule is Cc1ccc2c(c1N)CCS2(=O)=O. The summed E-state index contributed by atoms with van der Waals surface area (Å²) in [5, 5.41) is 0. The summed E-state index contributed by atoms with van der Waals surface area (Å²) in [5.74, 6) is 0.204. The fraction of sp³-hybridized carbons (Fsp3) is 0.333. The largest absolute Gasteiger partial charge is 0.398 e. The zero-order chi connectivity index (χ0) is 9.64. The molecule has 0 saturated carbocycles. The second-order valence-corrected chi connectivity index (χ2v) is 5.42. The molecule has 2 rings (SSSR count). The molecular formula is C9H11NO2S. The maximum Gasteiger partial charge on any atom is 0.179 e. The van der Waals surface area contributed by atoms with Crippen molar-refractivity contribution in [1.29, 1.82) is 0 Å². The topological polar surface area (TPSA) is 60.2 Å². The number of benzene rings is 1. The zero-order valence-electron chi connectivity index (χ0n) is 7.37. The van der Waals surface area contributed by atoms with Gasteiger partial charge in [0, 0.05) is 5.69 Å². The quantitative estimate of drug-likeness (QED) is 0.629. The molecule has 0 radical (unpaired) electrons. The molecule has 0 unspecified atom stereocenters. The summed E-state index contributed by atoms with van der Waals surface area (Å²) in [6.07, 6.45) is 0.561. The standard InChI is InChI=1S/C9H11NO2S/c1-6-2-3-8-7(9(6)10)4-5-13(8,11)12/h2-3H,4-5,10H2,1H3. The van der Waals surface area contributed by atoms with Crippen LogP contribution in [0.4, 0.5) is 5.69 Å². The van der Waals surface area contributed by atoms with Crippen molar-refractivity contribution in [3.05, 3.63) is 23.3 Å². The van der Waals surface area contributed by atoms with Gasteiger partial charge >= 0.3 is 0 Å². The molecule has 2 N–H and O–H groups in total. The van der Waals surface area contributed by atoms with Gasteiger partial charge in [-0.2, -0.15) is 0 Å². The lowest BCUT2D eigenvalue weighted by Gasteiger charge is -2.05. The van der Waals surface area contributed by atoms with E-state index < -0.39 is 9.84 Å². The Balaban J connectivity index is 2.78. The number of nitrogens with two attached hydrogens (primary N) is 1. The van der Waals surface area contributed by atoms with Crippen molar-refractivity contribution in [3.63, 3.8) is 0 Å². The number of rotatable bonds is 0. The Morgan fingerprint density at radius 1 is 1.38 bits per heavy atom. The van der Waals surface area contributed by atoms with Gasteiger partial charge in [-0.15, -0.1) is 0 Å². The molecule has 0 spiro atoms. The normalized spacial score (nSPS) is 18.5. The van der Waals surface area contributed by atoms with Gasteiger partial charge in [0.15, 0.2) is 9.84 Å². The third kappa shape index (κ3) is 1.13. The van der Waals surface area contributed by atoms with Crippen LogP contribution in [0.5, 0.6) is 0 Å². The summed E-state index contributed by atoms with van der Waals surface area (Å²) in [7, 11) is -3.02. The van der Waals surface area contributed by atoms with E-state index in [1.165, 1.54) is 0 Å². The molecule has 1 aromatic rings. The molecule has 0 aromatic heterocycles. The molecule has 4 heteroatoms. The van der Waals surface area contributed by atoms with Crippen LogP contribution in [0.15, 0.2) is 17.0 Å². The molecule has 1 aliphatic rings. The van der Waals surface area contributed by atoms with Crippen LogP contribution in [0, 0.1) is 6.92 Å². The Morgan fingerprint density at radius 2 is 2.08 bits per heavy atom. The lowest BCUT2D eigenvalue weighted by atomic mass is 10.1. The molecule has 1 aromatic carbocycles. The number of sulfone groups is 1. The fourth-order valence-electron chi connectivity index (χ4n) is 1.66. The molecular weight excluding hydrogens is 186 g/mol. The van der Waals surface area contributed by atoms with E-state index in [0.29, 0.717) is 17.0 Å². The molecule has 0 aliphatic carbocycles. The first-order valence-corrected chi connectivity index (χ1v) is 5.78. The highest BCUT2D eigenvalue weighted by atomic mass is 32.2. The molecule has 1 aliphatic heterocycles. The van der Waals surface area contributed by atoms with E-state index in [1.807, 2.05) is 6.92 Å². The third-order valence-corrected chi connectivity index (χ3v) is 4.28. The fourth-order valence-corrected chi connectivity index (χ4v) is 3.21. The van der Waals surface area contributed by atoms with E-state index in [0.717, 1.165) is 11.1 Å². The minimum Gasteiger partial charge on any atom is -0.398 e. The average molecular weight is 197 g/mol. The molecule has 3 nitrogen and oxygen atoms in total. The Kier molecular flexibility index (Phi) is 1.63. The summed E-state index contributed by atoms with van der Waals surface area (Å²) in [5.41, 5.74) is 8.19. The van der Waals surface area contributed by atoms with Crippen LogP contribution in [0.3, 0.4) is 0 Å².